The molecule has 1 aromatic heterocycles. The quantitative estimate of drug-likeness (QED) is 0.909. The van der Waals surface area contributed by atoms with Crippen LogP contribution in [0.3, 0.4) is 0 Å². The topological polar surface area (TPSA) is 29.9 Å². The molecule has 1 N–H and O–H groups in total. The maximum absolute atomic E-state index is 6.10. The van der Waals surface area contributed by atoms with E-state index >= 15 is 0 Å². The maximum Gasteiger partial charge on any atom is 0.0947 e. The highest BCUT2D eigenvalue weighted by atomic mass is 35.5. The fourth-order valence-electron chi connectivity index (χ4n) is 1.96. The number of aromatic nitrogens is 2. The van der Waals surface area contributed by atoms with Crippen LogP contribution in [0.2, 0.25) is 10.0 Å². The number of aryl methyl sites for hydroxylation is 1. The molecule has 1 aromatic carbocycles. The largest absolute Gasteiger partial charge is 0.340 e. The van der Waals surface area contributed by atoms with Crippen molar-refractivity contribution >= 4 is 23.2 Å². The molecule has 19 heavy (non-hydrogen) atoms. The van der Waals surface area contributed by atoms with Gasteiger partial charge in [0, 0.05) is 13.2 Å². The number of rotatable bonds is 5. The van der Waals surface area contributed by atoms with Gasteiger partial charge >= 0.3 is 0 Å². The smallest absolute Gasteiger partial charge is 0.0947 e. The van der Waals surface area contributed by atoms with Crippen molar-refractivity contribution in [2.45, 2.75) is 19.4 Å². The minimum atomic E-state index is 0.0379. The van der Waals surface area contributed by atoms with Crippen LogP contribution in [-0.4, -0.2) is 16.1 Å². The summed E-state index contributed by atoms with van der Waals surface area (Å²) in [6.07, 6.45) is 4.87. The van der Waals surface area contributed by atoms with E-state index in [1.807, 2.05) is 36.0 Å². The zero-order chi connectivity index (χ0) is 13.8. The number of nitrogens with zero attached hydrogens (tertiary/aromatic N) is 2. The van der Waals surface area contributed by atoms with E-state index in [9.17, 15) is 0 Å². The van der Waals surface area contributed by atoms with Crippen molar-refractivity contribution in [3.8, 4) is 0 Å². The third-order valence-corrected chi connectivity index (χ3v) is 3.64. The zero-order valence-corrected chi connectivity index (χ0v) is 12.5. The number of hydrogen-bond donors (Lipinski definition) is 1. The molecular formula is C14H17Cl2N3. The maximum atomic E-state index is 6.10. The predicted molar refractivity (Wildman–Crippen MR) is 79.8 cm³/mol. The van der Waals surface area contributed by atoms with E-state index < -0.39 is 0 Å². The first-order chi connectivity index (χ1) is 9.11. The van der Waals surface area contributed by atoms with Gasteiger partial charge in [0.15, 0.2) is 0 Å². The summed E-state index contributed by atoms with van der Waals surface area (Å²) in [6.45, 7) is 3.05. The van der Waals surface area contributed by atoms with Crippen molar-refractivity contribution in [3.63, 3.8) is 0 Å². The molecule has 0 saturated carbocycles. The van der Waals surface area contributed by atoms with Crippen molar-refractivity contribution in [1.29, 1.82) is 0 Å². The van der Waals surface area contributed by atoms with Crippen LogP contribution in [0.4, 0.5) is 0 Å². The second kappa shape index (κ2) is 6.42. The second-order valence-corrected chi connectivity index (χ2v) is 5.34. The van der Waals surface area contributed by atoms with Gasteiger partial charge in [0.05, 0.1) is 28.1 Å². The molecule has 0 saturated heterocycles. The first kappa shape index (κ1) is 14.4. The molecule has 0 aliphatic carbocycles. The van der Waals surface area contributed by atoms with Gasteiger partial charge in [0.1, 0.15) is 0 Å². The highest BCUT2D eigenvalue weighted by Gasteiger charge is 2.16. The van der Waals surface area contributed by atoms with E-state index in [-0.39, 0.29) is 6.04 Å². The van der Waals surface area contributed by atoms with Crippen LogP contribution in [0, 0.1) is 0 Å². The molecule has 0 aliphatic rings. The Morgan fingerprint density at radius 1 is 1.32 bits per heavy atom. The third-order valence-electron chi connectivity index (χ3n) is 2.90. The standard InChI is InChI=1S/C14H17Cl2N3/c1-3-6-17-14(13-8-19(2)9-18-13)10-4-5-11(15)12(16)7-10/h4-5,7-9,14,17H,3,6H2,1-2H3. The summed E-state index contributed by atoms with van der Waals surface area (Å²) in [5.74, 6) is 0. The van der Waals surface area contributed by atoms with Crippen LogP contribution < -0.4 is 5.32 Å². The summed E-state index contributed by atoms with van der Waals surface area (Å²) < 4.78 is 1.94. The molecule has 2 aromatic rings. The van der Waals surface area contributed by atoms with E-state index in [2.05, 4.69) is 17.2 Å². The lowest BCUT2D eigenvalue weighted by Gasteiger charge is -2.17. The Labute approximate surface area is 123 Å². The van der Waals surface area contributed by atoms with E-state index in [0.717, 1.165) is 24.2 Å². The molecule has 1 heterocycles. The Kier molecular flexibility index (Phi) is 4.86. The average molecular weight is 298 g/mol. The van der Waals surface area contributed by atoms with Crippen LogP contribution in [0.5, 0.6) is 0 Å². The summed E-state index contributed by atoms with van der Waals surface area (Å²) in [4.78, 5) is 4.42. The lowest BCUT2D eigenvalue weighted by Crippen LogP contribution is -2.23. The van der Waals surface area contributed by atoms with E-state index in [0.29, 0.717) is 10.0 Å². The van der Waals surface area contributed by atoms with Gasteiger partial charge in [-0.05, 0) is 30.7 Å². The highest BCUT2D eigenvalue weighted by Crippen LogP contribution is 2.28. The number of hydrogen-bond acceptors (Lipinski definition) is 2. The molecule has 0 bridgehead atoms. The van der Waals surface area contributed by atoms with Crippen molar-refractivity contribution in [1.82, 2.24) is 14.9 Å². The van der Waals surface area contributed by atoms with Crippen LogP contribution >= 0.6 is 23.2 Å². The molecule has 0 spiro atoms. The Morgan fingerprint density at radius 2 is 2.11 bits per heavy atom. The Morgan fingerprint density at radius 3 is 2.68 bits per heavy atom. The number of nitrogens with one attached hydrogen (secondary N) is 1. The first-order valence-electron chi connectivity index (χ1n) is 6.28. The number of benzene rings is 1. The van der Waals surface area contributed by atoms with Gasteiger partial charge in [-0.15, -0.1) is 0 Å². The molecular weight excluding hydrogens is 281 g/mol. The van der Waals surface area contributed by atoms with E-state index in [1.165, 1.54) is 0 Å². The molecule has 0 amide bonds. The highest BCUT2D eigenvalue weighted by molar-refractivity contribution is 6.42. The van der Waals surface area contributed by atoms with Crippen LogP contribution in [0.15, 0.2) is 30.7 Å². The van der Waals surface area contributed by atoms with Crippen molar-refractivity contribution in [2.24, 2.45) is 7.05 Å². The molecule has 0 aliphatic heterocycles. The van der Waals surface area contributed by atoms with Gasteiger partial charge < -0.3 is 9.88 Å². The summed E-state index contributed by atoms with van der Waals surface area (Å²) in [7, 11) is 1.96. The second-order valence-electron chi connectivity index (χ2n) is 4.52. The molecule has 0 radical (unpaired) electrons. The van der Waals surface area contributed by atoms with Gasteiger partial charge in [-0.3, -0.25) is 0 Å². The third kappa shape index (κ3) is 3.50. The fraction of sp³-hybridized carbons (Fsp3) is 0.357. The minimum absolute atomic E-state index is 0.0379. The Balaban J connectivity index is 2.33. The van der Waals surface area contributed by atoms with Crippen molar-refractivity contribution in [2.75, 3.05) is 6.54 Å². The van der Waals surface area contributed by atoms with Crippen molar-refractivity contribution < 1.29 is 0 Å². The monoisotopic (exact) mass is 297 g/mol. The first-order valence-corrected chi connectivity index (χ1v) is 7.03. The Hall–Kier alpha value is -1.03. The normalized spacial score (nSPS) is 12.6. The molecule has 3 nitrogen and oxygen atoms in total. The summed E-state index contributed by atoms with van der Waals surface area (Å²) in [5.41, 5.74) is 2.05. The molecule has 1 unspecified atom stereocenters. The zero-order valence-electron chi connectivity index (χ0n) is 11.0. The lowest BCUT2D eigenvalue weighted by molar-refractivity contribution is 0.588. The number of halogens is 2. The summed E-state index contributed by atoms with van der Waals surface area (Å²) in [6, 6.07) is 5.74. The van der Waals surface area contributed by atoms with Crippen LogP contribution in [0.25, 0.3) is 0 Å². The molecule has 5 heteroatoms. The van der Waals surface area contributed by atoms with E-state index in [1.54, 1.807) is 6.33 Å². The van der Waals surface area contributed by atoms with Gasteiger partial charge in [-0.2, -0.15) is 0 Å². The van der Waals surface area contributed by atoms with Gasteiger partial charge in [0.25, 0.3) is 0 Å². The van der Waals surface area contributed by atoms with Crippen molar-refractivity contribution in [3.05, 3.63) is 52.0 Å². The Bertz CT molecular complexity index is 551. The molecule has 1 atom stereocenters. The molecule has 2 rings (SSSR count). The molecule has 102 valence electrons. The fourth-order valence-corrected chi connectivity index (χ4v) is 2.26. The summed E-state index contributed by atoms with van der Waals surface area (Å²) in [5, 5.41) is 4.62. The van der Waals surface area contributed by atoms with Gasteiger partial charge in [0.2, 0.25) is 0 Å². The van der Waals surface area contributed by atoms with Gasteiger partial charge in [-0.25, -0.2) is 4.98 Å². The van der Waals surface area contributed by atoms with Gasteiger partial charge in [-0.1, -0.05) is 36.2 Å². The summed E-state index contributed by atoms with van der Waals surface area (Å²) >= 11 is 12.1. The molecule has 0 fully saturated rings. The predicted octanol–water partition coefficient (Wildman–Crippen LogP) is 3.82. The van der Waals surface area contributed by atoms with Crippen LogP contribution in [-0.2, 0) is 7.05 Å². The minimum Gasteiger partial charge on any atom is -0.340 e. The lowest BCUT2D eigenvalue weighted by atomic mass is 10.0. The van der Waals surface area contributed by atoms with E-state index in [4.69, 9.17) is 23.2 Å². The SMILES string of the molecule is CCCNC(c1ccc(Cl)c(Cl)c1)c1cn(C)cn1. The average Bonchev–Trinajstić information content (AvgIpc) is 2.80. The van der Waals surface area contributed by atoms with Crippen LogP contribution in [0.1, 0.15) is 30.6 Å². The number of imidazole rings is 1.